The van der Waals surface area contributed by atoms with Crippen molar-refractivity contribution in [1.82, 2.24) is 35.2 Å². The van der Waals surface area contributed by atoms with Gasteiger partial charge in [-0.1, -0.05) is 30.7 Å². The molecular weight excluding hydrogens is 515 g/mol. The van der Waals surface area contributed by atoms with Gasteiger partial charge in [0.2, 0.25) is 0 Å². The minimum absolute atomic E-state index is 0. The Morgan fingerprint density at radius 2 is 1.94 bits per heavy atom. The number of aliphatic imine (C=N–C) groups is 1. The lowest BCUT2D eigenvalue weighted by atomic mass is 10.1. The van der Waals surface area contributed by atoms with Gasteiger partial charge in [0.1, 0.15) is 11.6 Å². The van der Waals surface area contributed by atoms with E-state index in [0.717, 1.165) is 63.0 Å². The summed E-state index contributed by atoms with van der Waals surface area (Å²) in [6.07, 6.45) is 10.5. The van der Waals surface area contributed by atoms with Crippen molar-refractivity contribution in [1.29, 1.82) is 0 Å². The summed E-state index contributed by atoms with van der Waals surface area (Å²) in [5.74, 6) is 3.09. The topological polar surface area (TPSA) is 85.0 Å². The van der Waals surface area contributed by atoms with E-state index in [9.17, 15) is 0 Å². The molecule has 1 aliphatic rings. The van der Waals surface area contributed by atoms with Crippen LogP contribution in [0.2, 0.25) is 0 Å². The second kappa shape index (κ2) is 12.6. The molecule has 0 fully saturated rings. The van der Waals surface area contributed by atoms with E-state index in [1.54, 1.807) is 0 Å². The van der Waals surface area contributed by atoms with Crippen molar-refractivity contribution in [2.24, 2.45) is 4.99 Å². The molecule has 3 heterocycles. The molecule has 1 aliphatic heterocycles. The first-order valence-corrected chi connectivity index (χ1v) is 11.2. The maximum atomic E-state index is 4.42. The molecular formula is C23H33IN8. The number of hydrogen-bond donors (Lipinski definition) is 2. The van der Waals surface area contributed by atoms with Crippen molar-refractivity contribution >= 4 is 29.9 Å². The quantitative estimate of drug-likeness (QED) is 0.196. The standard InChI is InChI=1S/C23H32N8.HI/c1-24-23(25-13-7-12-22-29-28-21-11-3-2-6-16-31(21)22)26-17-19-9-4-5-10-20(19)18-30-15-8-14-27-30;/h4-5,8-10,14-15H,2-3,6-7,11-13,16-18H2,1H3,(H2,24,25,26);1H. The fourth-order valence-electron chi connectivity index (χ4n) is 4.04. The predicted molar refractivity (Wildman–Crippen MR) is 137 cm³/mol. The van der Waals surface area contributed by atoms with E-state index in [0.29, 0.717) is 0 Å². The van der Waals surface area contributed by atoms with Crippen LogP contribution in [0.4, 0.5) is 0 Å². The minimum atomic E-state index is 0. The summed E-state index contributed by atoms with van der Waals surface area (Å²) >= 11 is 0. The Labute approximate surface area is 206 Å². The highest BCUT2D eigenvalue weighted by Gasteiger charge is 2.14. The maximum Gasteiger partial charge on any atom is 0.191 e. The summed E-state index contributed by atoms with van der Waals surface area (Å²) < 4.78 is 4.27. The second-order valence-electron chi connectivity index (χ2n) is 7.92. The van der Waals surface area contributed by atoms with E-state index in [2.05, 4.69) is 59.8 Å². The van der Waals surface area contributed by atoms with E-state index in [4.69, 9.17) is 0 Å². The first-order chi connectivity index (χ1) is 15.3. The van der Waals surface area contributed by atoms with E-state index in [1.807, 2.05) is 30.2 Å². The summed E-state index contributed by atoms with van der Waals surface area (Å²) in [5, 5.41) is 20.0. The summed E-state index contributed by atoms with van der Waals surface area (Å²) in [5.41, 5.74) is 2.49. The van der Waals surface area contributed by atoms with Crippen LogP contribution in [0.5, 0.6) is 0 Å². The third kappa shape index (κ3) is 6.54. The first-order valence-electron chi connectivity index (χ1n) is 11.2. The second-order valence-corrected chi connectivity index (χ2v) is 7.92. The van der Waals surface area contributed by atoms with Crippen molar-refractivity contribution in [3.8, 4) is 0 Å². The van der Waals surface area contributed by atoms with Crippen LogP contribution in [0.1, 0.15) is 48.5 Å². The van der Waals surface area contributed by atoms with Crippen molar-refractivity contribution in [2.45, 2.75) is 58.2 Å². The van der Waals surface area contributed by atoms with Crippen LogP contribution in [-0.2, 0) is 32.5 Å². The average Bonchev–Trinajstić information content (AvgIpc) is 3.38. The number of guanidine groups is 1. The molecule has 3 aromatic rings. The molecule has 0 unspecified atom stereocenters. The van der Waals surface area contributed by atoms with Gasteiger partial charge in [-0.3, -0.25) is 9.67 Å². The van der Waals surface area contributed by atoms with E-state index in [1.165, 1.54) is 30.4 Å². The smallest absolute Gasteiger partial charge is 0.191 e. The number of halogens is 1. The van der Waals surface area contributed by atoms with Gasteiger partial charge in [-0.2, -0.15) is 5.10 Å². The molecule has 2 aromatic heterocycles. The van der Waals surface area contributed by atoms with Gasteiger partial charge in [0, 0.05) is 51.9 Å². The molecule has 0 spiro atoms. The zero-order valence-electron chi connectivity index (χ0n) is 18.7. The number of benzene rings is 1. The van der Waals surface area contributed by atoms with E-state index in [-0.39, 0.29) is 24.0 Å². The highest BCUT2D eigenvalue weighted by Crippen LogP contribution is 2.15. The molecule has 0 atom stereocenters. The van der Waals surface area contributed by atoms with Gasteiger partial charge in [-0.15, -0.1) is 34.2 Å². The number of aryl methyl sites for hydroxylation is 2. The summed E-state index contributed by atoms with van der Waals surface area (Å²) in [7, 11) is 1.81. The average molecular weight is 548 g/mol. The Kier molecular flexibility index (Phi) is 9.51. The van der Waals surface area contributed by atoms with Crippen LogP contribution < -0.4 is 10.6 Å². The number of fused-ring (bicyclic) bond motifs is 1. The summed E-state index contributed by atoms with van der Waals surface area (Å²) in [4.78, 5) is 4.37. The van der Waals surface area contributed by atoms with E-state index >= 15 is 0 Å². The van der Waals surface area contributed by atoms with Crippen molar-refractivity contribution in [2.75, 3.05) is 13.6 Å². The van der Waals surface area contributed by atoms with Gasteiger partial charge >= 0.3 is 0 Å². The molecule has 4 rings (SSSR count). The number of nitrogens with one attached hydrogen (secondary N) is 2. The Morgan fingerprint density at radius 1 is 1.06 bits per heavy atom. The first kappa shape index (κ1) is 24.2. The van der Waals surface area contributed by atoms with Crippen LogP contribution in [0.15, 0.2) is 47.7 Å². The third-order valence-corrected chi connectivity index (χ3v) is 5.74. The lowest BCUT2D eigenvalue weighted by Gasteiger charge is -2.14. The van der Waals surface area contributed by atoms with E-state index < -0.39 is 0 Å². The highest BCUT2D eigenvalue weighted by atomic mass is 127. The number of nitrogens with zero attached hydrogens (tertiary/aromatic N) is 6. The van der Waals surface area contributed by atoms with Crippen LogP contribution in [0.25, 0.3) is 0 Å². The third-order valence-electron chi connectivity index (χ3n) is 5.74. The Morgan fingerprint density at radius 3 is 2.75 bits per heavy atom. The van der Waals surface area contributed by atoms with Crippen molar-refractivity contribution in [3.05, 3.63) is 65.5 Å². The maximum absolute atomic E-state index is 4.42. The van der Waals surface area contributed by atoms with Gasteiger partial charge in [0.15, 0.2) is 5.96 Å². The van der Waals surface area contributed by atoms with Gasteiger partial charge in [0.05, 0.1) is 6.54 Å². The summed E-state index contributed by atoms with van der Waals surface area (Å²) in [6.45, 7) is 3.39. The zero-order chi connectivity index (χ0) is 21.3. The van der Waals surface area contributed by atoms with Crippen molar-refractivity contribution in [3.63, 3.8) is 0 Å². The van der Waals surface area contributed by atoms with Gasteiger partial charge in [-0.25, -0.2) is 0 Å². The van der Waals surface area contributed by atoms with Crippen LogP contribution in [0, 0.1) is 0 Å². The van der Waals surface area contributed by atoms with Crippen molar-refractivity contribution < 1.29 is 0 Å². The lowest BCUT2D eigenvalue weighted by Crippen LogP contribution is -2.37. The largest absolute Gasteiger partial charge is 0.356 e. The molecule has 8 nitrogen and oxygen atoms in total. The molecule has 32 heavy (non-hydrogen) atoms. The fourth-order valence-corrected chi connectivity index (χ4v) is 4.04. The predicted octanol–water partition coefficient (Wildman–Crippen LogP) is 3.17. The molecule has 0 saturated heterocycles. The molecule has 1 aromatic carbocycles. The number of rotatable bonds is 8. The number of hydrogen-bond acceptors (Lipinski definition) is 4. The van der Waals surface area contributed by atoms with Crippen LogP contribution in [-0.4, -0.2) is 44.1 Å². The van der Waals surface area contributed by atoms with Gasteiger partial charge in [-0.05, 0) is 36.5 Å². The SMILES string of the molecule is CN=C(NCCCc1nnc2n1CCCCC2)NCc1ccccc1Cn1cccn1.I. The fraction of sp³-hybridized carbons (Fsp3) is 0.478. The Bertz CT molecular complexity index is 980. The molecule has 2 N–H and O–H groups in total. The Hall–Kier alpha value is -2.43. The van der Waals surface area contributed by atoms with Gasteiger partial charge < -0.3 is 15.2 Å². The molecule has 0 saturated carbocycles. The molecule has 172 valence electrons. The minimum Gasteiger partial charge on any atom is -0.356 e. The van der Waals surface area contributed by atoms with Crippen LogP contribution >= 0.6 is 24.0 Å². The summed E-state index contributed by atoms with van der Waals surface area (Å²) in [6, 6.07) is 10.4. The monoisotopic (exact) mass is 548 g/mol. The highest BCUT2D eigenvalue weighted by molar-refractivity contribution is 14.0. The molecule has 0 radical (unpaired) electrons. The zero-order valence-corrected chi connectivity index (χ0v) is 21.0. The molecule has 0 aliphatic carbocycles. The molecule has 0 bridgehead atoms. The molecule has 0 amide bonds. The normalized spacial score (nSPS) is 13.7. The molecule has 9 heteroatoms. The lowest BCUT2D eigenvalue weighted by molar-refractivity contribution is 0.593. The van der Waals surface area contributed by atoms with Gasteiger partial charge in [0.25, 0.3) is 0 Å². The Balaban J connectivity index is 0.00000289. The van der Waals surface area contributed by atoms with Crippen LogP contribution in [0.3, 0.4) is 0 Å². The number of aromatic nitrogens is 5.